The van der Waals surface area contributed by atoms with Gasteiger partial charge in [0.2, 0.25) is 0 Å². The summed E-state index contributed by atoms with van der Waals surface area (Å²) in [4.78, 5) is 20.2. The Hall–Kier alpha value is -2.48. The SMILES string of the molecule is Nc1ncc(-c2ccc([C@]34CC3CN(C3COC3)C4)cc2)cc1C(=O)NC12CCC(O)(CC1)CC2. The average Bonchev–Trinajstić information content (AvgIpc) is 3.40. The van der Waals surface area contributed by atoms with E-state index in [4.69, 9.17) is 10.5 Å². The molecule has 4 N–H and O–H groups in total. The van der Waals surface area contributed by atoms with Crippen molar-refractivity contribution in [1.29, 1.82) is 0 Å². The third-order valence-electron chi connectivity index (χ3n) is 9.85. The highest BCUT2D eigenvalue weighted by Gasteiger charge is 2.61. The van der Waals surface area contributed by atoms with Gasteiger partial charge in [-0.25, -0.2) is 4.98 Å². The Kier molecular flexibility index (Phi) is 4.67. The summed E-state index contributed by atoms with van der Waals surface area (Å²) in [6, 6.07) is 11.3. The number of ether oxygens (including phenoxy) is 1. The number of likely N-dealkylation sites (tertiary alicyclic amines) is 1. The molecule has 2 aromatic rings. The van der Waals surface area contributed by atoms with E-state index in [2.05, 4.69) is 39.5 Å². The van der Waals surface area contributed by atoms with Crippen molar-refractivity contribution in [3.05, 3.63) is 47.7 Å². The number of benzene rings is 1. The van der Waals surface area contributed by atoms with Crippen LogP contribution >= 0.6 is 0 Å². The first-order valence-corrected chi connectivity index (χ1v) is 13.1. The van der Waals surface area contributed by atoms with Gasteiger partial charge in [0.25, 0.3) is 5.91 Å². The van der Waals surface area contributed by atoms with E-state index < -0.39 is 5.60 Å². The number of piperidine rings is 1. The zero-order valence-electron chi connectivity index (χ0n) is 20.1. The first-order valence-electron chi connectivity index (χ1n) is 13.1. The van der Waals surface area contributed by atoms with Crippen molar-refractivity contribution in [3.8, 4) is 11.1 Å². The third-order valence-corrected chi connectivity index (χ3v) is 9.85. The number of aromatic nitrogens is 1. The molecule has 2 aliphatic heterocycles. The minimum atomic E-state index is -0.526. The van der Waals surface area contributed by atoms with E-state index in [9.17, 15) is 9.90 Å². The monoisotopic (exact) mass is 474 g/mol. The standard InChI is InChI=1S/C28H34N4O3/c29-24-23(25(33)31-26-5-8-27(34,9-6-26)10-7-26)11-19(13-30-24)18-1-3-20(4-2-18)28-12-21(28)14-32(17-28)22-15-35-16-22/h1-4,11,13,21-22,34H,5-10,12,14-17H2,(H2,29,30)(H,31,33)/t21?,26?,27?,28-/m1/s1. The van der Waals surface area contributed by atoms with Gasteiger partial charge < -0.3 is 20.9 Å². The molecule has 1 aromatic carbocycles. The smallest absolute Gasteiger partial charge is 0.255 e. The summed E-state index contributed by atoms with van der Waals surface area (Å²) in [5.74, 6) is 0.858. The van der Waals surface area contributed by atoms with E-state index in [0.717, 1.165) is 75.3 Å². The lowest BCUT2D eigenvalue weighted by Crippen LogP contribution is -2.58. The number of hydrogen-bond acceptors (Lipinski definition) is 6. The Morgan fingerprint density at radius 3 is 2.46 bits per heavy atom. The number of nitrogens with zero attached hydrogens (tertiary/aromatic N) is 2. The summed E-state index contributed by atoms with van der Waals surface area (Å²) < 4.78 is 5.40. The van der Waals surface area contributed by atoms with E-state index in [1.165, 1.54) is 18.5 Å². The number of rotatable bonds is 5. The van der Waals surface area contributed by atoms with Crippen LogP contribution in [0.25, 0.3) is 11.1 Å². The van der Waals surface area contributed by atoms with Crippen LogP contribution in [-0.4, -0.2) is 64.4 Å². The van der Waals surface area contributed by atoms with E-state index in [1.54, 1.807) is 6.20 Å². The summed E-state index contributed by atoms with van der Waals surface area (Å²) in [7, 11) is 0. The van der Waals surface area contributed by atoms with Crippen LogP contribution in [0.3, 0.4) is 0 Å². The van der Waals surface area contributed by atoms with Crippen molar-refractivity contribution in [2.45, 2.75) is 67.5 Å². The highest BCUT2D eigenvalue weighted by atomic mass is 16.5. The maximum absolute atomic E-state index is 13.3. The maximum Gasteiger partial charge on any atom is 0.255 e. The Balaban J connectivity index is 1.08. The van der Waals surface area contributed by atoms with E-state index in [0.29, 0.717) is 17.0 Å². The second kappa shape index (κ2) is 7.51. The molecule has 7 heteroatoms. The van der Waals surface area contributed by atoms with E-state index in [1.807, 2.05) is 6.07 Å². The minimum absolute atomic E-state index is 0.161. The molecule has 6 aliphatic rings. The van der Waals surface area contributed by atoms with Gasteiger partial charge in [0.05, 0.1) is 30.4 Å². The summed E-state index contributed by atoms with van der Waals surface area (Å²) in [6.45, 7) is 4.09. The lowest BCUT2D eigenvalue weighted by Gasteiger charge is -2.51. The van der Waals surface area contributed by atoms with Crippen molar-refractivity contribution in [2.75, 3.05) is 32.0 Å². The number of hydrogen-bond donors (Lipinski definition) is 3. The molecule has 7 nitrogen and oxygen atoms in total. The molecular formula is C28H34N4O3. The average molecular weight is 475 g/mol. The van der Waals surface area contributed by atoms with Gasteiger partial charge in [-0.15, -0.1) is 0 Å². The molecule has 184 valence electrons. The predicted molar refractivity (Wildman–Crippen MR) is 133 cm³/mol. The van der Waals surface area contributed by atoms with Gasteiger partial charge in [0, 0.05) is 35.8 Å². The molecule has 1 unspecified atom stereocenters. The van der Waals surface area contributed by atoms with Gasteiger partial charge in [-0.05, 0) is 68.1 Å². The molecule has 0 radical (unpaired) electrons. The lowest BCUT2D eigenvalue weighted by molar-refractivity contribution is -0.0702. The zero-order valence-corrected chi connectivity index (χ0v) is 20.1. The Labute approximate surface area is 206 Å². The largest absolute Gasteiger partial charge is 0.390 e. The van der Waals surface area contributed by atoms with Crippen molar-refractivity contribution < 1.29 is 14.6 Å². The molecule has 4 aliphatic carbocycles. The van der Waals surface area contributed by atoms with Crippen LogP contribution in [0.5, 0.6) is 0 Å². The quantitative estimate of drug-likeness (QED) is 0.616. The number of carbonyl (C=O) groups excluding carboxylic acids is 1. The molecule has 8 rings (SSSR count). The first-order chi connectivity index (χ1) is 16.9. The fourth-order valence-corrected chi connectivity index (χ4v) is 7.15. The van der Waals surface area contributed by atoms with Gasteiger partial charge in [-0.2, -0.15) is 0 Å². The number of nitrogens with one attached hydrogen (secondary N) is 1. The summed E-state index contributed by atoms with van der Waals surface area (Å²) in [6.07, 6.45) is 7.75. The van der Waals surface area contributed by atoms with Crippen molar-refractivity contribution in [1.82, 2.24) is 15.2 Å². The van der Waals surface area contributed by atoms with Crippen LogP contribution in [0.15, 0.2) is 36.5 Å². The molecule has 0 spiro atoms. The molecule has 3 heterocycles. The number of fused-ring (bicyclic) bond motifs is 4. The maximum atomic E-state index is 13.3. The Morgan fingerprint density at radius 1 is 1.09 bits per heavy atom. The second-order valence-corrected chi connectivity index (χ2v) is 11.9. The molecule has 1 amide bonds. The Bertz CT molecular complexity index is 1150. The number of aliphatic hydroxyl groups is 1. The lowest BCUT2D eigenvalue weighted by atomic mass is 9.63. The molecule has 1 aromatic heterocycles. The minimum Gasteiger partial charge on any atom is -0.390 e. The van der Waals surface area contributed by atoms with Gasteiger partial charge in [-0.1, -0.05) is 24.3 Å². The number of pyridine rings is 1. The highest BCUT2D eigenvalue weighted by Crippen LogP contribution is 2.59. The zero-order chi connectivity index (χ0) is 23.8. The normalized spacial score (nSPS) is 36.0. The molecule has 2 atom stereocenters. The van der Waals surface area contributed by atoms with Crippen LogP contribution in [0, 0.1) is 5.92 Å². The van der Waals surface area contributed by atoms with Crippen LogP contribution in [0.2, 0.25) is 0 Å². The fourth-order valence-electron chi connectivity index (χ4n) is 7.15. The summed E-state index contributed by atoms with van der Waals surface area (Å²) in [5, 5.41) is 13.8. The number of anilines is 1. The number of amides is 1. The first kappa shape index (κ1) is 21.8. The van der Waals surface area contributed by atoms with Gasteiger partial charge in [0.1, 0.15) is 5.82 Å². The van der Waals surface area contributed by atoms with Crippen LogP contribution < -0.4 is 11.1 Å². The predicted octanol–water partition coefficient (Wildman–Crippen LogP) is 2.87. The van der Waals surface area contributed by atoms with Gasteiger partial charge in [0.15, 0.2) is 0 Å². The van der Waals surface area contributed by atoms with Crippen LogP contribution in [0.4, 0.5) is 5.82 Å². The fraction of sp³-hybridized carbons (Fsp3) is 0.571. The van der Waals surface area contributed by atoms with Crippen molar-refractivity contribution in [3.63, 3.8) is 0 Å². The molecule has 4 saturated carbocycles. The van der Waals surface area contributed by atoms with E-state index >= 15 is 0 Å². The number of nitrogen functional groups attached to an aromatic ring is 1. The molecule has 6 fully saturated rings. The van der Waals surface area contributed by atoms with Crippen molar-refractivity contribution in [2.24, 2.45) is 5.92 Å². The molecular weight excluding hydrogens is 440 g/mol. The number of carbonyl (C=O) groups is 1. The van der Waals surface area contributed by atoms with Crippen LogP contribution in [-0.2, 0) is 10.2 Å². The topological polar surface area (TPSA) is 101 Å². The molecule has 2 bridgehead atoms. The van der Waals surface area contributed by atoms with Crippen LogP contribution in [0.1, 0.15) is 60.9 Å². The molecule has 35 heavy (non-hydrogen) atoms. The second-order valence-electron chi connectivity index (χ2n) is 11.9. The summed E-state index contributed by atoms with van der Waals surface area (Å²) >= 11 is 0. The third kappa shape index (κ3) is 3.51. The highest BCUT2D eigenvalue weighted by molar-refractivity contribution is 5.99. The number of nitrogens with two attached hydrogens (primary N) is 1. The van der Waals surface area contributed by atoms with Crippen molar-refractivity contribution >= 4 is 11.7 Å². The van der Waals surface area contributed by atoms with Gasteiger partial charge >= 0.3 is 0 Å². The molecule has 2 saturated heterocycles. The van der Waals surface area contributed by atoms with E-state index in [-0.39, 0.29) is 17.3 Å². The summed E-state index contributed by atoms with van der Waals surface area (Å²) in [5.41, 5.74) is 9.50. The van der Waals surface area contributed by atoms with Gasteiger partial charge in [-0.3, -0.25) is 9.69 Å². The Morgan fingerprint density at radius 2 is 1.80 bits per heavy atom.